The van der Waals surface area contributed by atoms with Crippen molar-refractivity contribution in [2.45, 2.75) is 59.4 Å². The molecule has 0 aliphatic carbocycles. The van der Waals surface area contributed by atoms with Crippen LogP contribution in [0.4, 0.5) is 5.69 Å². The summed E-state index contributed by atoms with van der Waals surface area (Å²) in [6.07, 6.45) is 5.24. The Balaban J connectivity index is 2.46. The van der Waals surface area contributed by atoms with Crippen LogP contribution in [0.1, 0.15) is 50.7 Å². The molecule has 1 rings (SSSR count). The van der Waals surface area contributed by atoms with Crippen molar-refractivity contribution in [1.82, 2.24) is 0 Å². The average Bonchev–Trinajstić information content (AvgIpc) is 2.23. The summed E-state index contributed by atoms with van der Waals surface area (Å²) in [7, 11) is 0. The van der Waals surface area contributed by atoms with Crippen molar-refractivity contribution in [3.8, 4) is 0 Å². The van der Waals surface area contributed by atoms with Crippen LogP contribution in [-0.2, 0) is 0 Å². The van der Waals surface area contributed by atoms with Crippen molar-refractivity contribution in [2.24, 2.45) is 0 Å². The Kier molecular flexibility index (Phi) is 5.37. The van der Waals surface area contributed by atoms with Gasteiger partial charge < -0.3 is 5.32 Å². The molecule has 0 spiro atoms. The summed E-state index contributed by atoms with van der Waals surface area (Å²) >= 11 is 0. The van der Waals surface area contributed by atoms with E-state index in [1.54, 1.807) is 0 Å². The Hall–Kier alpha value is -0.980. The third-order valence-corrected chi connectivity index (χ3v) is 3.02. The highest BCUT2D eigenvalue weighted by Crippen LogP contribution is 2.18. The van der Waals surface area contributed by atoms with Gasteiger partial charge in [0.2, 0.25) is 0 Å². The van der Waals surface area contributed by atoms with Crippen LogP contribution in [0, 0.1) is 13.8 Å². The van der Waals surface area contributed by atoms with Crippen LogP contribution in [-0.4, -0.2) is 6.04 Å². The molecule has 0 bridgehead atoms. The Bertz CT molecular complexity index is 317. The van der Waals surface area contributed by atoms with Crippen LogP contribution in [0.2, 0.25) is 0 Å². The van der Waals surface area contributed by atoms with Crippen LogP contribution in [0.25, 0.3) is 0 Å². The monoisotopic (exact) mass is 219 g/mol. The molecule has 1 aromatic carbocycles. The van der Waals surface area contributed by atoms with Gasteiger partial charge in [-0.3, -0.25) is 0 Å². The van der Waals surface area contributed by atoms with E-state index in [2.05, 4.69) is 51.2 Å². The summed E-state index contributed by atoms with van der Waals surface area (Å²) in [5.41, 5.74) is 3.97. The molecule has 0 saturated carbocycles. The van der Waals surface area contributed by atoms with Gasteiger partial charge in [-0.1, -0.05) is 43.9 Å². The molecule has 1 unspecified atom stereocenters. The van der Waals surface area contributed by atoms with Crippen LogP contribution in [0.15, 0.2) is 18.2 Å². The number of unbranched alkanes of at least 4 members (excludes halogenated alkanes) is 2. The summed E-state index contributed by atoms with van der Waals surface area (Å²) in [5, 5.41) is 3.60. The first-order valence-corrected chi connectivity index (χ1v) is 6.47. The SMILES string of the molecule is CCCCCC(C)Nc1ccc(C)cc1C. The van der Waals surface area contributed by atoms with Crippen molar-refractivity contribution in [3.05, 3.63) is 29.3 Å². The van der Waals surface area contributed by atoms with E-state index in [1.807, 2.05) is 0 Å². The quantitative estimate of drug-likeness (QED) is 0.685. The molecule has 1 N–H and O–H groups in total. The van der Waals surface area contributed by atoms with Crippen molar-refractivity contribution >= 4 is 5.69 Å². The summed E-state index contributed by atoms with van der Waals surface area (Å²) < 4.78 is 0. The molecular weight excluding hydrogens is 194 g/mol. The van der Waals surface area contributed by atoms with E-state index in [4.69, 9.17) is 0 Å². The highest BCUT2D eigenvalue weighted by Gasteiger charge is 2.03. The Morgan fingerprint density at radius 3 is 2.56 bits per heavy atom. The zero-order chi connectivity index (χ0) is 12.0. The molecule has 0 saturated heterocycles. The van der Waals surface area contributed by atoms with Gasteiger partial charge in [0.1, 0.15) is 0 Å². The average molecular weight is 219 g/mol. The zero-order valence-electron chi connectivity index (χ0n) is 11.1. The molecular formula is C15H25N. The van der Waals surface area contributed by atoms with Gasteiger partial charge in [-0.05, 0) is 38.8 Å². The van der Waals surface area contributed by atoms with E-state index in [0.29, 0.717) is 6.04 Å². The van der Waals surface area contributed by atoms with Crippen LogP contribution < -0.4 is 5.32 Å². The molecule has 1 aromatic rings. The van der Waals surface area contributed by atoms with E-state index in [-0.39, 0.29) is 0 Å². The molecule has 1 nitrogen and oxygen atoms in total. The normalized spacial score (nSPS) is 12.5. The molecule has 1 heteroatoms. The molecule has 0 aliphatic heterocycles. The van der Waals surface area contributed by atoms with Gasteiger partial charge in [0.05, 0.1) is 0 Å². The molecule has 0 radical (unpaired) electrons. The first kappa shape index (κ1) is 13.1. The van der Waals surface area contributed by atoms with Crippen molar-refractivity contribution < 1.29 is 0 Å². The van der Waals surface area contributed by atoms with Gasteiger partial charge in [-0.2, -0.15) is 0 Å². The fourth-order valence-corrected chi connectivity index (χ4v) is 2.01. The fraction of sp³-hybridized carbons (Fsp3) is 0.600. The smallest absolute Gasteiger partial charge is 0.0372 e. The first-order valence-electron chi connectivity index (χ1n) is 6.47. The van der Waals surface area contributed by atoms with Crippen LogP contribution in [0.3, 0.4) is 0 Å². The minimum Gasteiger partial charge on any atom is -0.382 e. The predicted octanol–water partition coefficient (Wildman–Crippen LogP) is 4.68. The Morgan fingerprint density at radius 1 is 1.19 bits per heavy atom. The van der Waals surface area contributed by atoms with Crippen LogP contribution in [0.5, 0.6) is 0 Å². The van der Waals surface area contributed by atoms with E-state index < -0.39 is 0 Å². The second-order valence-electron chi connectivity index (χ2n) is 4.86. The molecule has 90 valence electrons. The summed E-state index contributed by atoms with van der Waals surface area (Å²) in [6.45, 7) is 8.84. The van der Waals surface area contributed by atoms with Crippen molar-refractivity contribution in [2.75, 3.05) is 5.32 Å². The first-order chi connectivity index (χ1) is 7.63. The second kappa shape index (κ2) is 6.57. The van der Waals surface area contributed by atoms with Gasteiger partial charge >= 0.3 is 0 Å². The maximum atomic E-state index is 3.60. The van der Waals surface area contributed by atoms with Crippen molar-refractivity contribution in [1.29, 1.82) is 0 Å². The topological polar surface area (TPSA) is 12.0 Å². The van der Waals surface area contributed by atoms with Crippen molar-refractivity contribution in [3.63, 3.8) is 0 Å². The standard InChI is InChI=1S/C15H25N/c1-5-6-7-8-14(4)16-15-10-9-12(2)11-13(15)3/h9-11,14,16H,5-8H2,1-4H3. The van der Waals surface area contributed by atoms with Gasteiger partial charge in [0.15, 0.2) is 0 Å². The summed E-state index contributed by atoms with van der Waals surface area (Å²) in [6, 6.07) is 7.18. The third-order valence-electron chi connectivity index (χ3n) is 3.02. The highest BCUT2D eigenvalue weighted by molar-refractivity contribution is 5.52. The Labute approximate surface area is 100 Å². The number of hydrogen-bond acceptors (Lipinski definition) is 1. The number of rotatable bonds is 6. The maximum Gasteiger partial charge on any atom is 0.0372 e. The van der Waals surface area contributed by atoms with Gasteiger partial charge in [0.25, 0.3) is 0 Å². The van der Waals surface area contributed by atoms with E-state index in [1.165, 1.54) is 42.5 Å². The minimum atomic E-state index is 0.577. The highest BCUT2D eigenvalue weighted by atomic mass is 14.9. The van der Waals surface area contributed by atoms with E-state index >= 15 is 0 Å². The summed E-state index contributed by atoms with van der Waals surface area (Å²) in [5.74, 6) is 0. The van der Waals surface area contributed by atoms with E-state index in [0.717, 1.165) is 0 Å². The van der Waals surface area contributed by atoms with Crippen LogP contribution >= 0.6 is 0 Å². The molecule has 0 aromatic heterocycles. The van der Waals surface area contributed by atoms with Gasteiger partial charge in [-0.25, -0.2) is 0 Å². The molecule has 0 fully saturated rings. The molecule has 1 atom stereocenters. The van der Waals surface area contributed by atoms with E-state index in [9.17, 15) is 0 Å². The zero-order valence-corrected chi connectivity index (χ0v) is 11.1. The number of anilines is 1. The lowest BCUT2D eigenvalue weighted by molar-refractivity contribution is 0.615. The predicted molar refractivity (Wildman–Crippen MR) is 73.1 cm³/mol. The van der Waals surface area contributed by atoms with Gasteiger partial charge in [-0.15, -0.1) is 0 Å². The second-order valence-corrected chi connectivity index (χ2v) is 4.86. The number of benzene rings is 1. The molecule has 0 amide bonds. The number of hydrogen-bond donors (Lipinski definition) is 1. The lowest BCUT2D eigenvalue weighted by Crippen LogP contribution is -2.15. The fourth-order valence-electron chi connectivity index (χ4n) is 2.01. The summed E-state index contributed by atoms with van der Waals surface area (Å²) in [4.78, 5) is 0. The van der Waals surface area contributed by atoms with Gasteiger partial charge in [0, 0.05) is 11.7 Å². The lowest BCUT2D eigenvalue weighted by atomic mass is 10.1. The number of nitrogens with one attached hydrogen (secondary N) is 1. The largest absolute Gasteiger partial charge is 0.382 e. The third kappa shape index (κ3) is 4.26. The molecule has 0 aliphatic rings. The minimum absolute atomic E-state index is 0.577. The maximum absolute atomic E-state index is 3.60. The Morgan fingerprint density at radius 2 is 1.94 bits per heavy atom. The lowest BCUT2D eigenvalue weighted by Gasteiger charge is -2.17. The molecule has 0 heterocycles. The molecule has 16 heavy (non-hydrogen) atoms. The number of aryl methyl sites for hydroxylation is 2.